The zero-order chi connectivity index (χ0) is 13.8. The zero-order valence-corrected chi connectivity index (χ0v) is 12.6. The van der Waals surface area contributed by atoms with Gasteiger partial charge in [0, 0.05) is 36.9 Å². The Morgan fingerprint density at radius 3 is 3.10 bits per heavy atom. The summed E-state index contributed by atoms with van der Waals surface area (Å²) in [5, 5.41) is 4.59. The van der Waals surface area contributed by atoms with Crippen LogP contribution in [0.5, 0.6) is 0 Å². The Balaban J connectivity index is 1.45. The highest BCUT2D eigenvalue weighted by molar-refractivity contribution is 7.11. The van der Waals surface area contributed by atoms with E-state index in [4.69, 9.17) is 0 Å². The Bertz CT molecular complexity index is 540. The molecular formula is C15H20N4S. The van der Waals surface area contributed by atoms with Gasteiger partial charge in [-0.3, -0.25) is 4.90 Å². The lowest BCUT2D eigenvalue weighted by Crippen LogP contribution is -2.22. The van der Waals surface area contributed by atoms with Gasteiger partial charge in [0.15, 0.2) is 0 Å². The second-order valence-corrected chi connectivity index (χ2v) is 6.65. The van der Waals surface area contributed by atoms with E-state index in [1.54, 1.807) is 0 Å². The van der Waals surface area contributed by atoms with Gasteiger partial charge in [0.2, 0.25) is 0 Å². The summed E-state index contributed by atoms with van der Waals surface area (Å²) in [5.74, 6) is 1.69. The maximum Gasteiger partial charge on any atom is 0.125 e. The lowest BCUT2D eigenvalue weighted by atomic mass is 10.1. The van der Waals surface area contributed by atoms with Gasteiger partial charge in [-0.05, 0) is 37.9 Å². The first-order valence-electron chi connectivity index (χ1n) is 7.08. The van der Waals surface area contributed by atoms with Crippen molar-refractivity contribution in [3.8, 4) is 0 Å². The highest BCUT2D eigenvalue weighted by atomic mass is 32.1. The van der Waals surface area contributed by atoms with Gasteiger partial charge in [0.25, 0.3) is 0 Å². The zero-order valence-electron chi connectivity index (χ0n) is 11.7. The molecule has 20 heavy (non-hydrogen) atoms. The van der Waals surface area contributed by atoms with E-state index < -0.39 is 0 Å². The molecule has 0 amide bonds. The van der Waals surface area contributed by atoms with Gasteiger partial charge in [-0.25, -0.2) is 9.97 Å². The summed E-state index contributed by atoms with van der Waals surface area (Å²) < 4.78 is 0. The van der Waals surface area contributed by atoms with Crippen molar-refractivity contribution < 1.29 is 0 Å². The fraction of sp³-hybridized carbons (Fsp3) is 0.467. The van der Waals surface area contributed by atoms with Crippen LogP contribution in [0.25, 0.3) is 0 Å². The summed E-state index contributed by atoms with van der Waals surface area (Å²) in [4.78, 5) is 12.5. The molecule has 1 fully saturated rings. The summed E-state index contributed by atoms with van der Waals surface area (Å²) in [6.07, 6.45) is 5.10. The molecule has 2 aromatic rings. The van der Waals surface area contributed by atoms with E-state index in [1.165, 1.54) is 17.8 Å². The molecule has 106 valence electrons. The van der Waals surface area contributed by atoms with Crippen LogP contribution in [-0.2, 0) is 6.54 Å². The molecule has 1 N–H and O–H groups in total. The Kier molecular flexibility index (Phi) is 4.28. The molecule has 0 spiro atoms. The third kappa shape index (κ3) is 3.55. The van der Waals surface area contributed by atoms with Crippen LogP contribution in [0.1, 0.15) is 16.3 Å². The van der Waals surface area contributed by atoms with Gasteiger partial charge in [-0.2, -0.15) is 0 Å². The number of nitrogens with zero attached hydrogens (tertiary/aromatic N) is 3. The lowest BCUT2D eigenvalue weighted by molar-refractivity contribution is 0.321. The van der Waals surface area contributed by atoms with E-state index in [9.17, 15) is 0 Å². The van der Waals surface area contributed by atoms with Gasteiger partial charge in [0.05, 0.1) is 5.01 Å². The molecule has 0 saturated carbocycles. The molecule has 1 saturated heterocycles. The number of hydrogen-bond donors (Lipinski definition) is 1. The number of aromatic nitrogens is 2. The fourth-order valence-corrected chi connectivity index (χ4v) is 3.48. The first-order valence-corrected chi connectivity index (χ1v) is 7.90. The topological polar surface area (TPSA) is 41.1 Å². The van der Waals surface area contributed by atoms with Gasteiger partial charge in [-0.15, -0.1) is 11.3 Å². The number of thiazole rings is 1. The first-order chi connectivity index (χ1) is 9.79. The van der Waals surface area contributed by atoms with Crippen LogP contribution in [0.4, 0.5) is 5.82 Å². The average molecular weight is 288 g/mol. The standard InChI is InChI=1S/C15H20N4S/c1-12-17-9-14(20-12)11-19-7-5-13(10-19)8-18-15-4-2-3-6-16-15/h2-4,6,9,13H,5,7-8,10-11H2,1H3,(H,16,18)/t13-/m0/s1. The molecule has 0 bridgehead atoms. The maximum absolute atomic E-state index is 4.32. The summed E-state index contributed by atoms with van der Waals surface area (Å²) >= 11 is 1.81. The maximum atomic E-state index is 4.32. The van der Waals surface area contributed by atoms with E-state index >= 15 is 0 Å². The SMILES string of the molecule is Cc1ncc(CN2CC[C@@H](CNc3ccccn3)C2)s1. The first kappa shape index (κ1) is 13.5. The van der Waals surface area contributed by atoms with Crippen LogP contribution >= 0.6 is 11.3 Å². The fourth-order valence-electron chi connectivity index (χ4n) is 2.64. The Morgan fingerprint density at radius 2 is 2.35 bits per heavy atom. The van der Waals surface area contributed by atoms with E-state index in [1.807, 2.05) is 41.9 Å². The molecule has 4 nitrogen and oxygen atoms in total. The summed E-state index contributed by atoms with van der Waals surface area (Å²) in [7, 11) is 0. The minimum Gasteiger partial charge on any atom is -0.370 e. The van der Waals surface area contributed by atoms with Gasteiger partial charge in [0.1, 0.15) is 5.82 Å². The van der Waals surface area contributed by atoms with Crippen molar-refractivity contribution in [1.29, 1.82) is 0 Å². The second kappa shape index (κ2) is 6.33. The molecule has 1 aliphatic heterocycles. The van der Waals surface area contributed by atoms with Gasteiger partial charge in [-0.1, -0.05) is 6.07 Å². The van der Waals surface area contributed by atoms with E-state index in [0.717, 1.165) is 30.5 Å². The number of hydrogen-bond acceptors (Lipinski definition) is 5. The lowest BCUT2D eigenvalue weighted by Gasteiger charge is -2.15. The molecule has 2 aromatic heterocycles. The van der Waals surface area contributed by atoms with Crippen LogP contribution in [0, 0.1) is 12.8 Å². The third-order valence-electron chi connectivity index (χ3n) is 3.66. The Labute approximate surface area is 123 Å². The number of likely N-dealkylation sites (tertiary alicyclic amines) is 1. The number of rotatable bonds is 5. The Morgan fingerprint density at radius 1 is 1.40 bits per heavy atom. The second-order valence-electron chi connectivity index (χ2n) is 5.33. The predicted molar refractivity (Wildman–Crippen MR) is 83.0 cm³/mol. The molecule has 5 heteroatoms. The van der Waals surface area contributed by atoms with Gasteiger partial charge < -0.3 is 5.32 Å². The molecule has 0 aliphatic carbocycles. The van der Waals surface area contributed by atoms with Crippen molar-refractivity contribution in [3.63, 3.8) is 0 Å². The van der Waals surface area contributed by atoms with E-state index in [-0.39, 0.29) is 0 Å². The number of aryl methyl sites for hydroxylation is 1. The van der Waals surface area contributed by atoms with Crippen molar-refractivity contribution in [2.24, 2.45) is 5.92 Å². The van der Waals surface area contributed by atoms with Gasteiger partial charge >= 0.3 is 0 Å². The largest absolute Gasteiger partial charge is 0.370 e. The smallest absolute Gasteiger partial charge is 0.125 e. The van der Waals surface area contributed by atoms with Crippen molar-refractivity contribution in [3.05, 3.63) is 40.5 Å². The Hall–Kier alpha value is -1.46. The summed E-state index contributed by atoms with van der Waals surface area (Å²) in [6.45, 7) is 6.47. The molecule has 1 atom stereocenters. The highest BCUT2D eigenvalue weighted by Gasteiger charge is 2.22. The summed E-state index contributed by atoms with van der Waals surface area (Å²) in [5.41, 5.74) is 0. The van der Waals surface area contributed by atoms with Crippen LogP contribution in [0.15, 0.2) is 30.6 Å². The summed E-state index contributed by atoms with van der Waals surface area (Å²) in [6, 6.07) is 5.98. The van der Waals surface area contributed by atoms with E-state index in [0.29, 0.717) is 5.92 Å². The number of pyridine rings is 1. The van der Waals surface area contributed by atoms with Crippen LogP contribution in [0.3, 0.4) is 0 Å². The molecule has 3 rings (SSSR count). The van der Waals surface area contributed by atoms with Crippen LogP contribution < -0.4 is 5.32 Å². The van der Waals surface area contributed by atoms with Crippen molar-refractivity contribution in [2.75, 3.05) is 25.0 Å². The minimum atomic E-state index is 0.714. The average Bonchev–Trinajstić information content (AvgIpc) is 3.08. The highest BCUT2D eigenvalue weighted by Crippen LogP contribution is 2.21. The third-order valence-corrected chi connectivity index (χ3v) is 4.55. The monoisotopic (exact) mass is 288 g/mol. The minimum absolute atomic E-state index is 0.714. The van der Waals surface area contributed by atoms with Crippen LogP contribution in [-0.4, -0.2) is 34.5 Å². The normalized spacial score (nSPS) is 19.4. The molecule has 0 aromatic carbocycles. The molecule has 0 radical (unpaired) electrons. The molecule has 3 heterocycles. The molecule has 0 unspecified atom stereocenters. The number of nitrogens with one attached hydrogen (secondary N) is 1. The molecule has 1 aliphatic rings. The van der Waals surface area contributed by atoms with Crippen molar-refractivity contribution in [1.82, 2.24) is 14.9 Å². The van der Waals surface area contributed by atoms with Crippen LogP contribution in [0.2, 0.25) is 0 Å². The predicted octanol–water partition coefficient (Wildman–Crippen LogP) is 2.78. The van der Waals surface area contributed by atoms with Crippen molar-refractivity contribution >= 4 is 17.2 Å². The number of anilines is 1. The molecular weight excluding hydrogens is 268 g/mol. The van der Waals surface area contributed by atoms with Crippen molar-refractivity contribution in [2.45, 2.75) is 19.9 Å². The quantitative estimate of drug-likeness (QED) is 0.918. The van der Waals surface area contributed by atoms with E-state index in [2.05, 4.69) is 27.1 Å².